The van der Waals surface area contributed by atoms with Crippen LogP contribution < -0.4 is 0 Å². The minimum atomic E-state index is -0.740. The SMILES string of the molecule is CN(C(=O)OC(C)(C)C)N(CCO)C(=O)OCc1ccccc1. The molecule has 0 saturated carbocycles. The second-order valence-corrected chi connectivity index (χ2v) is 5.89. The highest BCUT2D eigenvalue weighted by Gasteiger charge is 2.27. The monoisotopic (exact) mass is 324 g/mol. The third-order valence-electron chi connectivity index (χ3n) is 2.75. The molecule has 0 spiro atoms. The molecule has 0 bridgehead atoms. The van der Waals surface area contributed by atoms with Crippen LogP contribution in [0.3, 0.4) is 0 Å². The van der Waals surface area contributed by atoms with E-state index in [0.717, 1.165) is 15.6 Å². The number of carbonyl (C=O) groups is 2. The van der Waals surface area contributed by atoms with Gasteiger partial charge in [0.15, 0.2) is 0 Å². The van der Waals surface area contributed by atoms with Crippen LogP contribution in [0.4, 0.5) is 9.59 Å². The highest BCUT2D eigenvalue weighted by atomic mass is 16.6. The van der Waals surface area contributed by atoms with Gasteiger partial charge in [-0.25, -0.2) is 19.6 Å². The van der Waals surface area contributed by atoms with Gasteiger partial charge in [0.2, 0.25) is 0 Å². The Balaban J connectivity index is 2.68. The van der Waals surface area contributed by atoms with Crippen molar-refractivity contribution in [2.75, 3.05) is 20.2 Å². The summed E-state index contributed by atoms with van der Waals surface area (Å²) in [5, 5.41) is 11.1. The molecule has 0 aliphatic heterocycles. The van der Waals surface area contributed by atoms with Crippen LogP contribution in [0.25, 0.3) is 0 Å². The van der Waals surface area contributed by atoms with Gasteiger partial charge in [0.1, 0.15) is 12.2 Å². The van der Waals surface area contributed by atoms with E-state index in [1.165, 1.54) is 7.05 Å². The second-order valence-electron chi connectivity index (χ2n) is 5.89. The molecule has 0 unspecified atom stereocenters. The Morgan fingerprint density at radius 3 is 2.26 bits per heavy atom. The molecule has 0 heterocycles. The Bertz CT molecular complexity index is 513. The smallest absolute Gasteiger partial charge is 0.429 e. The maximum atomic E-state index is 12.2. The van der Waals surface area contributed by atoms with Crippen molar-refractivity contribution in [1.29, 1.82) is 0 Å². The molecular formula is C16H24N2O5. The third kappa shape index (κ3) is 6.56. The fraction of sp³-hybridized carbons (Fsp3) is 0.500. The molecule has 128 valence electrons. The number of hydrogen-bond donors (Lipinski definition) is 1. The molecular weight excluding hydrogens is 300 g/mol. The number of carbonyl (C=O) groups excluding carboxylic acids is 2. The number of rotatable bonds is 4. The molecule has 0 radical (unpaired) electrons. The highest BCUT2D eigenvalue weighted by Crippen LogP contribution is 2.11. The van der Waals surface area contributed by atoms with E-state index in [-0.39, 0.29) is 19.8 Å². The fourth-order valence-electron chi connectivity index (χ4n) is 1.68. The molecule has 0 aliphatic carbocycles. The third-order valence-corrected chi connectivity index (χ3v) is 2.75. The Morgan fingerprint density at radius 2 is 1.74 bits per heavy atom. The van der Waals surface area contributed by atoms with Gasteiger partial charge in [-0.15, -0.1) is 0 Å². The van der Waals surface area contributed by atoms with E-state index in [9.17, 15) is 9.59 Å². The normalized spacial score (nSPS) is 10.8. The summed E-state index contributed by atoms with van der Waals surface area (Å²) < 4.78 is 10.4. The zero-order chi connectivity index (χ0) is 17.5. The highest BCUT2D eigenvalue weighted by molar-refractivity contribution is 5.74. The molecule has 0 atom stereocenters. The maximum Gasteiger partial charge on any atom is 0.429 e. The number of nitrogens with zero attached hydrogens (tertiary/aromatic N) is 2. The molecule has 0 fully saturated rings. The van der Waals surface area contributed by atoms with Crippen molar-refractivity contribution >= 4 is 12.2 Å². The fourth-order valence-corrected chi connectivity index (χ4v) is 1.68. The van der Waals surface area contributed by atoms with Crippen molar-refractivity contribution < 1.29 is 24.2 Å². The number of hydrazine groups is 1. The number of aliphatic hydroxyl groups excluding tert-OH is 1. The predicted octanol–water partition coefficient (Wildman–Crippen LogP) is 2.40. The molecule has 0 aliphatic rings. The lowest BCUT2D eigenvalue weighted by Crippen LogP contribution is -2.50. The Kier molecular flexibility index (Phi) is 6.84. The van der Waals surface area contributed by atoms with Gasteiger partial charge >= 0.3 is 12.2 Å². The quantitative estimate of drug-likeness (QED) is 0.860. The molecule has 23 heavy (non-hydrogen) atoms. The van der Waals surface area contributed by atoms with E-state index in [0.29, 0.717) is 0 Å². The standard InChI is InChI=1S/C16H24N2O5/c1-16(2,3)23-14(20)17(4)18(10-11-19)15(21)22-12-13-8-6-5-7-9-13/h5-9,19H,10-12H2,1-4H3. The summed E-state index contributed by atoms with van der Waals surface area (Å²) in [5.74, 6) is 0. The lowest BCUT2D eigenvalue weighted by Gasteiger charge is -2.32. The number of hydrogen-bond acceptors (Lipinski definition) is 5. The van der Waals surface area contributed by atoms with Crippen molar-refractivity contribution in [1.82, 2.24) is 10.0 Å². The molecule has 0 saturated heterocycles. The van der Waals surface area contributed by atoms with Crippen LogP contribution in [-0.4, -0.2) is 53.1 Å². The lowest BCUT2D eigenvalue weighted by molar-refractivity contribution is -0.0408. The van der Waals surface area contributed by atoms with Gasteiger partial charge in [-0.3, -0.25) is 0 Å². The van der Waals surface area contributed by atoms with Crippen molar-refractivity contribution in [3.05, 3.63) is 35.9 Å². The average molecular weight is 324 g/mol. The van der Waals surface area contributed by atoms with E-state index in [1.807, 2.05) is 30.3 Å². The molecule has 1 rings (SSSR count). The number of benzene rings is 1. The van der Waals surface area contributed by atoms with Gasteiger partial charge in [0, 0.05) is 7.05 Å². The van der Waals surface area contributed by atoms with Crippen LogP contribution in [0.5, 0.6) is 0 Å². The number of aliphatic hydroxyl groups is 1. The Morgan fingerprint density at radius 1 is 1.13 bits per heavy atom. The first kappa shape index (κ1) is 18.8. The molecule has 0 aromatic heterocycles. The largest absolute Gasteiger partial charge is 0.443 e. The van der Waals surface area contributed by atoms with Crippen LogP contribution in [0.15, 0.2) is 30.3 Å². The minimum Gasteiger partial charge on any atom is -0.443 e. The van der Waals surface area contributed by atoms with E-state index in [1.54, 1.807) is 20.8 Å². The van der Waals surface area contributed by atoms with E-state index in [4.69, 9.17) is 14.6 Å². The van der Waals surface area contributed by atoms with Crippen molar-refractivity contribution in [3.63, 3.8) is 0 Å². The molecule has 7 heteroatoms. The maximum absolute atomic E-state index is 12.2. The summed E-state index contributed by atoms with van der Waals surface area (Å²) in [6, 6.07) is 9.17. The van der Waals surface area contributed by atoms with E-state index < -0.39 is 17.8 Å². The van der Waals surface area contributed by atoms with Crippen LogP contribution in [0, 0.1) is 0 Å². The topological polar surface area (TPSA) is 79.3 Å². The summed E-state index contributed by atoms with van der Waals surface area (Å²) in [4.78, 5) is 24.2. The van der Waals surface area contributed by atoms with Gasteiger partial charge in [-0.1, -0.05) is 30.3 Å². The minimum absolute atomic E-state index is 0.0732. The first-order valence-electron chi connectivity index (χ1n) is 7.30. The second kappa shape index (κ2) is 8.38. The number of amides is 2. The van der Waals surface area contributed by atoms with Crippen LogP contribution >= 0.6 is 0 Å². The average Bonchev–Trinajstić information content (AvgIpc) is 2.49. The summed E-state index contributed by atoms with van der Waals surface area (Å²) in [6.45, 7) is 4.86. The molecule has 1 N–H and O–H groups in total. The number of ether oxygens (including phenoxy) is 2. The first-order valence-corrected chi connectivity index (χ1v) is 7.30. The molecule has 7 nitrogen and oxygen atoms in total. The predicted molar refractivity (Wildman–Crippen MR) is 84.4 cm³/mol. The Labute approximate surface area is 136 Å². The van der Waals surface area contributed by atoms with E-state index >= 15 is 0 Å². The Hall–Kier alpha value is -2.28. The summed E-state index contributed by atoms with van der Waals surface area (Å²) in [6.07, 6.45) is -1.45. The lowest BCUT2D eigenvalue weighted by atomic mass is 10.2. The van der Waals surface area contributed by atoms with Gasteiger partial charge in [0.05, 0.1) is 13.2 Å². The first-order chi connectivity index (χ1) is 10.7. The van der Waals surface area contributed by atoms with Gasteiger partial charge in [0.25, 0.3) is 0 Å². The van der Waals surface area contributed by atoms with Gasteiger partial charge < -0.3 is 14.6 Å². The van der Waals surface area contributed by atoms with Crippen LogP contribution in [0.1, 0.15) is 26.3 Å². The van der Waals surface area contributed by atoms with Gasteiger partial charge in [-0.05, 0) is 26.3 Å². The zero-order valence-electron chi connectivity index (χ0n) is 14.0. The van der Waals surface area contributed by atoms with Crippen molar-refractivity contribution in [3.8, 4) is 0 Å². The summed E-state index contributed by atoms with van der Waals surface area (Å²) in [5.41, 5.74) is 0.134. The van der Waals surface area contributed by atoms with E-state index in [2.05, 4.69) is 0 Å². The molecule has 1 aromatic carbocycles. The molecule has 1 aromatic rings. The molecule has 2 amide bonds. The van der Waals surface area contributed by atoms with Crippen LogP contribution in [0.2, 0.25) is 0 Å². The van der Waals surface area contributed by atoms with Crippen LogP contribution in [-0.2, 0) is 16.1 Å². The van der Waals surface area contributed by atoms with Crippen molar-refractivity contribution in [2.45, 2.75) is 33.0 Å². The van der Waals surface area contributed by atoms with Gasteiger partial charge in [-0.2, -0.15) is 0 Å². The summed E-state index contributed by atoms with van der Waals surface area (Å²) in [7, 11) is 1.38. The summed E-state index contributed by atoms with van der Waals surface area (Å²) >= 11 is 0. The van der Waals surface area contributed by atoms with Crippen molar-refractivity contribution in [2.24, 2.45) is 0 Å². The zero-order valence-corrected chi connectivity index (χ0v) is 14.0.